The summed E-state index contributed by atoms with van der Waals surface area (Å²) in [4.78, 5) is 0. The molecule has 0 aliphatic carbocycles. The molecule has 0 saturated carbocycles. The van der Waals surface area contributed by atoms with Crippen molar-refractivity contribution in [3.63, 3.8) is 0 Å². The van der Waals surface area contributed by atoms with Crippen LogP contribution in [0.25, 0.3) is 0 Å². The van der Waals surface area contributed by atoms with Gasteiger partial charge >= 0.3 is 0 Å². The summed E-state index contributed by atoms with van der Waals surface area (Å²) in [5, 5.41) is 3.56. The second kappa shape index (κ2) is 10.7. The lowest BCUT2D eigenvalue weighted by Gasteiger charge is -2.27. The van der Waals surface area contributed by atoms with E-state index in [9.17, 15) is 8.42 Å². The van der Waals surface area contributed by atoms with Gasteiger partial charge in [0.25, 0.3) is 0 Å². The average molecular weight is 292 g/mol. The van der Waals surface area contributed by atoms with E-state index in [1.807, 2.05) is 0 Å². The van der Waals surface area contributed by atoms with Crippen molar-refractivity contribution < 1.29 is 8.42 Å². The summed E-state index contributed by atoms with van der Waals surface area (Å²) >= 11 is 0. The highest BCUT2D eigenvalue weighted by Crippen LogP contribution is 2.21. The van der Waals surface area contributed by atoms with Gasteiger partial charge in [0, 0.05) is 11.8 Å². The molecule has 116 valence electrons. The topological polar surface area (TPSA) is 46.2 Å². The molecule has 0 heterocycles. The van der Waals surface area contributed by atoms with Crippen molar-refractivity contribution in [2.75, 3.05) is 18.1 Å². The van der Waals surface area contributed by atoms with Crippen LogP contribution in [-0.2, 0) is 9.84 Å². The molecule has 0 radical (unpaired) electrons. The highest BCUT2D eigenvalue weighted by Gasteiger charge is 2.19. The van der Waals surface area contributed by atoms with Gasteiger partial charge in [-0.3, -0.25) is 0 Å². The molecular formula is C15H33NO2S. The number of hydrogen-bond acceptors (Lipinski definition) is 3. The molecule has 1 atom stereocenters. The smallest absolute Gasteiger partial charge is 0.150 e. The molecule has 4 heteroatoms. The van der Waals surface area contributed by atoms with Crippen LogP contribution in [0, 0.1) is 5.92 Å². The zero-order chi connectivity index (χ0) is 14.7. The van der Waals surface area contributed by atoms with Gasteiger partial charge in [0.15, 0.2) is 0 Å². The lowest BCUT2D eigenvalue weighted by molar-refractivity contribution is 0.299. The Bertz CT molecular complexity index is 295. The minimum Gasteiger partial charge on any atom is -0.314 e. The summed E-state index contributed by atoms with van der Waals surface area (Å²) in [7, 11) is -2.81. The van der Waals surface area contributed by atoms with E-state index in [2.05, 4.69) is 26.1 Å². The van der Waals surface area contributed by atoms with Crippen LogP contribution in [0.1, 0.15) is 66.2 Å². The third kappa shape index (κ3) is 8.64. The Morgan fingerprint density at radius 2 is 1.53 bits per heavy atom. The SMILES string of the molecule is CCCC(CCC)C(CCCS(=O)(=O)CC)NCC. The molecule has 1 N–H and O–H groups in total. The number of nitrogens with one attached hydrogen (secondary N) is 1. The van der Waals surface area contributed by atoms with E-state index in [4.69, 9.17) is 0 Å². The largest absolute Gasteiger partial charge is 0.314 e. The van der Waals surface area contributed by atoms with Gasteiger partial charge in [-0.05, 0) is 38.1 Å². The molecule has 0 aliphatic heterocycles. The molecule has 0 rings (SSSR count). The highest BCUT2D eigenvalue weighted by atomic mass is 32.2. The molecule has 0 aliphatic rings. The fourth-order valence-corrected chi connectivity index (χ4v) is 3.62. The van der Waals surface area contributed by atoms with Crippen LogP contribution >= 0.6 is 0 Å². The summed E-state index contributed by atoms with van der Waals surface area (Å²) in [5.74, 6) is 1.31. The Hall–Kier alpha value is -0.0900. The molecule has 19 heavy (non-hydrogen) atoms. The predicted octanol–water partition coefficient (Wildman–Crippen LogP) is 3.40. The first kappa shape index (κ1) is 18.9. The summed E-state index contributed by atoms with van der Waals surface area (Å²) in [6, 6.07) is 0.483. The molecule has 0 bridgehead atoms. The van der Waals surface area contributed by atoms with Crippen LogP contribution in [0.4, 0.5) is 0 Å². The van der Waals surface area contributed by atoms with Crippen molar-refractivity contribution >= 4 is 9.84 Å². The van der Waals surface area contributed by atoms with Crippen molar-refractivity contribution in [3.8, 4) is 0 Å². The second-order valence-electron chi connectivity index (χ2n) is 5.38. The summed E-state index contributed by atoms with van der Waals surface area (Å²) in [6.07, 6.45) is 6.67. The molecule has 0 saturated heterocycles. The molecule has 0 amide bonds. The quantitative estimate of drug-likeness (QED) is 0.599. The van der Waals surface area contributed by atoms with Gasteiger partial charge in [0.05, 0.1) is 5.75 Å². The van der Waals surface area contributed by atoms with E-state index >= 15 is 0 Å². The van der Waals surface area contributed by atoms with Gasteiger partial charge in [-0.2, -0.15) is 0 Å². The lowest BCUT2D eigenvalue weighted by atomic mass is 9.88. The molecular weight excluding hydrogens is 258 g/mol. The van der Waals surface area contributed by atoms with E-state index < -0.39 is 9.84 Å². The second-order valence-corrected chi connectivity index (χ2v) is 7.85. The number of hydrogen-bond donors (Lipinski definition) is 1. The van der Waals surface area contributed by atoms with Gasteiger partial charge < -0.3 is 5.32 Å². The fraction of sp³-hybridized carbons (Fsp3) is 1.00. The standard InChI is InChI=1S/C15H33NO2S/c1-5-10-14(11-6-2)15(16-7-3)12-9-13-19(17,18)8-4/h14-16H,5-13H2,1-4H3. The Kier molecular flexibility index (Phi) is 10.6. The van der Waals surface area contributed by atoms with Crippen LogP contribution < -0.4 is 5.32 Å². The third-order valence-corrected chi connectivity index (χ3v) is 5.55. The lowest BCUT2D eigenvalue weighted by Crippen LogP contribution is -2.36. The first-order valence-corrected chi connectivity index (χ1v) is 9.76. The summed E-state index contributed by atoms with van der Waals surface area (Å²) in [5.41, 5.74) is 0. The first-order chi connectivity index (χ1) is 9.00. The van der Waals surface area contributed by atoms with Crippen molar-refractivity contribution in [2.24, 2.45) is 5.92 Å². The monoisotopic (exact) mass is 291 g/mol. The number of rotatable bonds is 12. The third-order valence-electron chi connectivity index (χ3n) is 3.76. The molecule has 3 nitrogen and oxygen atoms in total. The molecule has 0 aromatic carbocycles. The van der Waals surface area contributed by atoms with Gasteiger partial charge in [0.2, 0.25) is 0 Å². The highest BCUT2D eigenvalue weighted by molar-refractivity contribution is 7.91. The first-order valence-electron chi connectivity index (χ1n) is 7.94. The van der Waals surface area contributed by atoms with Crippen LogP contribution in [0.15, 0.2) is 0 Å². The van der Waals surface area contributed by atoms with E-state index in [1.165, 1.54) is 25.7 Å². The normalized spacial score (nSPS) is 13.9. The molecule has 0 fully saturated rings. The zero-order valence-electron chi connectivity index (χ0n) is 13.2. The van der Waals surface area contributed by atoms with Gasteiger partial charge in [-0.1, -0.05) is 40.5 Å². The molecule has 1 unspecified atom stereocenters. The van der Waals surface area contributed by atoms with E-state index in [0.717, 1.165) is 19.4 Å². The summed E-state index contributed by atoms with van der Waals surface area (Å²) < 4.78 is 23.1. The van der Waals surface area contributed by atoms with Gasteiger partial charge in [-0.25, -0.2) is 8.42 Å². The fourth-order valence-electron chi connectivity index (χ4n) is 2.72. The maximum atomic E-state index is 11.5. The van der Waals surface area contributed by atoms with Gasteiger partial charge in [-0.15, -0.1) is 0 Å². The summed E-state index contributed by atoms with van der Waals surface area (Å²) in [6.45, 7) is 9.29. The average Bonchev–Trinajstić information content (AvgIpc) is 2.37. The van der Waals surface area contributed by atoms with Crippen molar-refractivity contribution in [1.82, 2.24) is 5.32 Å². The van der Waals surface area contributed by atoms with Crippen molar-refractivity contribution in [2.45, 2.75) is 72.3 Å². The van der Waals surface area contributed by atoms with Crippen LogP contribution in [0.5, 0.6) is 0 Å². The van der Waals surface area contributed by atoms with Gasteiger partial charge in [0.1, 0.15) is 9.84 Å². The molecule has 0 aromatic rings. The Morgan fingerprint density at radius 1 is 0.947 bits per heavy atom. The van der Waals surface area contributed by atoms with Crippen molar-refractivity contribution in [1.29, 1.82) is 0 Å². The minimum absolute atomic E-state index is 0.270. The maximum absolute atomic E-state index is 11.5. The molecule has 0 aromatic heterocycles. The van der Waals surface area contributed by atoms with E-state index in [0.29, 0.717) is 17.7 Å². The Morgan fingerprint density at radius 3 is 1.95 bits per heavy atom. The predicted molar refractivity (Wildman–Crippen MR) is 84.3 cm³/mol. The van der Waals surface area contributed by atoms with Crippen LogP contribution in [0.2, 0.25) is 0 Å². The van der Waals surface area contributed by atoms with Crippen molar-refractivity contribution in [3.05, 3.63) is 0 Å². The van der Waals surface area contributed by atoms with Crippen LogP contribution in [0.3, 0.4) is 0 Å². The Balaban J connectivity index is 4.36. The maximum Gasteiger partial charge on any atom is 0.150 e. The minimum atomic E-state index is -2.81. The molecule has 0 spiro atoms. The van der Waals surface area contributed by atoms with E-state index in [1.54, 1.807) is 6.92 Å². The van der Waals surface area contributed by atoms with Crippen LogP contribution in [-0.4, -0.2) is 32.5 Å². The zero-order valence-corrected chi connectivity index (χ0v) is 14.1. The number of sulfone groups is 1. The van der Waals surface area contributed by atoms with E-state index in [-0.39, 0.29) is 5.75 Å². The Labute approximate surface area is 120 Å².